The molecular formula is C11H18O2. The summed E-state index contributed by atoms with van der Waals surface area (Å²) >= 11 is 0. The van der Waals surface area contributed by atoms with Gasteiger partial charge in [0, 0.05) is 0 Å². The molecule has 2 nitrogen and oxygen atoms in total. The standard InChI is InChI=1S/C11H18O2/c1-5-7-8-10(9(3)4)11(12)13-6-2/h7-8,10H,3,5-6H2,1-2,4H3/b8-7+/t10-/m1/s1. The van der Waals surface area contributed by atoms with Crippen LogP contribution in [0.4, 0.5) is 0 Å². The Balaban J connectivity index is 4.33. The van der Waals surface area contributed by atoms with Crippen molar-refractivity contribution in [3.05, 3.63) is 24.3 Å². The second-order valence-electron chi connectivity index (χ2n) is 2.91. The lowest BCUT2D eigenvalue weighted by molar-refractivity contribution is -0.145. The van der Waals surface area contributed by atoms with E-state index in [4.69, 9.17) is 4.74 Å². The molecule has 0 aromatic rings. The average molecular weight is 182 g/mol. The number of hydrogen-bond donors (Lipinski definition) is 0. The van der Waals surface area contributed by atoms with Crippen molar-refractivity contribution in [2.24, 2.45) is 5.92 Å². The van der Waals surface area contributed by atoms with Crippen LogP contribution >= 0.6 is 0 Å². The smallest absolute Gasteiger partial charge is 0.316 e. The van der Waals surface area contributed by atoms with E-state index in [1.54, 1.807) is 6.92 Å². The van der Waals surface area contributed by atoms with Crippen LogP contribution in [0.2, 0.25) is 0 Å². The second kappa shape index (κ2) is 6.46. The molecule has 0 fully saturated rings. The van der Waals surface area contributed by atoms with E-state index >= 15 is 0 Å². The number of allylic oxidation sites excluding steroid dienone is 1. The van der Waals surface area contributed by atoms with E-state index in [2.05, 4.69) is 6.58 Å². The SMILES string of the molecule is C=C(C)[C@@H](/C=C/CC)C(=O)OCC. The second-order valence-corrected chi connectivity index (χ2v) is 2.91. The van der Waals surface area contributed by atoms with Gasteiger partial charge >= 0.3 is 5.97 Å². The Morgan fingerprint density at radius 1 is 1.54 bits per heavy atom. The highest BCUT2D eigenvalue weighted by atomic mass is 16.5. The summed E-state index contributed by atoms with van der Waals surface area (Å²) in [5.41, 5.74) is 0.822. The van der Waals surface area contributed by atoms with Gasteiger partial charge in [0.1, 0.15) is 0 Å². The molecule has 13 heavy (non-hydrogen) atoms. The monoisotopic (exact) mass is 182 g/mol. The van der Waals surface area contributed by atoms with E-state index in [0.717, 1.165) is 12.0 Å². The lowest BCUT2D eigenvalue weighted by atomic mass is 10.0. The zero-order valence-electron chi connectivity index (χ0n) is 8.67. The zero-order valence-corrected chi connectivity index (χ0v) is 8.67. The molecule has 0 N–H and O–H groups in total. The van der Waals surface area contributed by atoms with E-state index < -0.39 is 0 Å². The summed E-state index contributed by atoms with van der Waals surface area (Å²) < 4.78 is 4.91. The van der Waals surface area contributed by atoms with Crippen molar-refractivity contribution in [2.75, 3.05) is 6.61 Å². The molecule has 1 atom stereocenters. The third-order valence-electron chi connectivity index (χ3n) is 1.64. The number of esters is 1. The molecular weight excluding hydrogens is 164 g/mol. The maximum absolute atomic E-state index is 11.4. The minimum Gasteiger partial charge on any atom is -0.465 e. The largest absolute Gasteiger partial charge is 0.465 e. The molecule has 0 bridgehead atoms. The van der Waals surface area contributed by atoms with Crippen LogP contribution in [-0.4, -0.2) is 12.6 Å². The van der Waals surface area contributed by atoms with Gasteiger partial charge in [0.15, 0.2) is 0 Å². The van der Waals surface area contributed by atoms with Gasteiger partial charge in [0.2, 0.25) is 0 Å². The van der Waals surface area contributed by atoms with Gasteiger partial charge in [0.25, 0.3) is 0 Å². The Labute approximate surface area is 80.3 Å². The van der Waals surface area contributed by atoms with Crippen LogP contribution in [0.15, 0.2) is 24.3 Å². The van der Waals surface area contributed by atoms with Crippen molar-refractivity contribution >= 4 is 5.97 Å². The zero-order chi connectivity index (χ0) is 10.3. The van der Waals surface area contributed by atoms with Crippen molar-refractivity contribution < 1.29 is 9.53 Å². The maximum atomic E-state index is 11.4. The first-order chi connectivity index (χ1) is 6.13. The Morgan fingerprint density at radius 3 is 2.54 bits per heavy atom. The first-order valence-corrected chi connectivity index (χ1v) is 4.62. The van der Waals surface area contributed by atoms with Crippen LogP contribution in [0.3, 0.4) is 0 Å². The Bertz CT molecular complexity index is 204. The van der Waals surface area contributed by atoms with E-state index in [1.165, 1.54) is 0 Å². The van der Waals surface area contributed by atoms with Crippen LogP contribution in [0, 0.1) is 5.92 Å². The van der Waals surface area contributed by atoms with Crippen LogP contribution in [-0.2, 0) is 9.53 Å². The van der Waals surface area contributed by atoms with Crippen LogP contribution in [0.1, 0.15) is 27.2 Å². The molecule has 74 valence electrons. The van der Waals surface area contributed by atoms with Gasteiger partial charge in [-0.25, -0.2) is 0 Å². The first-order valence-electron chi connectivity index (χ1n) is 4.62. The summed E-state index contributed by atoms with van der Waals surface area (Å²) in [4.78, 5) is 11.4. The summed E-state index contributed by atoms with van der Waals surface area (Å²) in [5.74, 6) is -0.486. The lowest BCUT2D eigenvalue weighted by Gasteiger charge is -2.10. The highest BCUT2D eigenvalue weighted by Crippen LogP contribution is 2.12. The molecule has 0 aliphatic carbocycles. The van der Waals surface area contributed by atoms with Gasteiger partial charge in [-0.3, -0.25) is 4.79 Å². The van der Waals surface area contributed by atoms with Crippen LogP contribution < -0.4 is 0 Å². The number of rotatable bonds is 5. The highest BCUT2D eigenvalue weighted by Gasteiger charge is 2.16. The van der Waals surface area contributed by atoms with Gasteiger partial charge in [-0.1, -0.05) is 31.2 Å². The van der Waals surface area contributed by atoms with Crippen LogP contribution in [0.25, 0.3) is 0 Å². The van der Waals surface area contributed by atoms with E-state index in [0.29, 0.717) is 6.61 Å². The predicted molar refractivity (Wildman–Crippen MR) is 54.4 cm³/mol. The van der Waals surface area contributed by atoms with Gasteiger partial charge in [-0.15, -0.1) is 0 Å². The molecule has 0 saturated heterocycles. The Hall–Kier alpha value is -1.05. The van der Waals surface area contributed by atoms with E-state index in [9.17, 15) is 4.79 Å². The molecule has 2 heteroatoms. The number of carbonyl (C=O) groups is 1. The van der Waals surface area contributed by atoms with Crippen molar-refractivity contribution in [1.82, 2.24) is 0 Å². The third kappa shape index (κ3) is 4.51. The molecule has 0 rings (SSSR count). The van der Waals surface area contributed by atoms with Gasteiger partial charge in [0.05, 0.1) is 12.5 Å². The number of carbonyl (C=O) groups excluding carboxylic acids is 1. The van der Waals surface area contributed by atoms with Gasteiger partial charge < -0.3 is 4.74 Å². The molecule has 0 aliphatic rings. The fraction of sp³-hybridized carbons (Fsp3) is 0.545. The molecule has 0 saturated carbocycles. The van der Waals surface area contributed by atoms with Crippen LogP contribution in [0.5, 0.6) is 0 Å². The molecule has 0 aromatic heterocycles. The van der Waals surface area contributed by atoms with E-state index in [1.807, 2.05) is 26.0 Å². The maximum Gasteiger partial charge on any atom is 0.316 e. The van der Waals surface area contributed by atoms with Crippen molar-refractivity contribution in [2.45, 2.75) is 27.2 Å². The minimum atomic E-state index is -0.278. The van der Waals surface area contributed by atoms with E-state index in [-0.39, 0.29) is 11.9 Å². The van der Waals surface area contributed by atoms with Crippen molar-refractivity contribution in [1.29, 1.82) is 0 Å². The summed E-state index contributed by atoms with van der Waals surface area (Å²) in [6, 6.07) is 0. The van der Waals surface area contributed by atoms with Gasteiger partial charge in [-0.2, -0.15) is 0 Å². The van der Waals surface area contributed by atoms with Crippen molar-refractivity contribution in [3.8, 4) is 0 Å². The highest BCUT2D eigenvalue weighted by molar-refractivity contribution is 5.77. The normalized spacial score (nSPS) is 12.8. The van der Waals surface area contributed by atoms with Crippen molar-refractivity contribution in [3.63, 3.8) is 0 Å². The third-order valence-corrected chi connectivity index (χ3v) is 1.64. The fourth-order valence-corrected chi connectivity index (χ4v) is 0.948. The Morgan fingerprint density at radius 2 is 2.15 bits per heavy atom. The predicted octanol–water partition coefficient (Wildman–Crippen LogP) is 2.71. The summed E-state index contributed by atoms with van der Waals surface area (Å²) in [6.45, 7) is 9.84. The minimum absolute atomic E-state index is 0.209. The topological polar surface area (TPSA) is 26.3 Å². The summed E-state index contributed by atoms with van der Waals surface area (Å²) in [7, 11) is 0. The molecule has 0 aliphatic heterocycles. The number of ether oxygens (including phenoxy) is 1. The Kier molecular flexibility index (Phi) is 5.94. The average Bonchev–Trinajstić information content (AvgIpc) is 2.05. The molecule has 0 aromatic carbocycles. The summed E-state index contributed by atoms with van der Waals surface area (Å²) in [6.07, 6.45) is 4.72. The molecule has 0 amide bonds. The molecule has 0 spiro atoms. The lowest BCUT2D eigenvalue weighted by Crippen LogP contribution is -2.16. The van der Waals surface area contributed by atoms with Gasteiger partial charge in [-0.05, 0) is 20.3 Å². The fourth-order valence-electron chi connectivity index (χ4n) is 0.948. The summed E-state index contributed by atoms with van der Waals surface area (Å²) in [5, 5.41) is 0. The quantitative estimate of drug-likeness (QED) is 0.482. The molecule has 0 unspecified atom stereocenters. The molecule has 0 heterocycles. The first kappa shape index (κ1) is 11.9. The molecule has 0 radical (unpaired) electrons. The number of hydrogen-bond acceptors (Lipinski definition) is 2.